The van der Waals surface area contributed by atoms with E-state index in [9.17, 15) is 9.59 Å². The van der Waals surface area contributed by atoms with Crippen LogP contribution in [-0.2, 0) is 4.79 Å². The summed E-state index contributed by atoms with van der Waals surface area (Å²) in [5.41, 5.74) is 1.06. The highest BCUT2D eigenvalue weighted by Crippen LogP contribution is 2.38. The minimum Gasteiger partial charge on any atom is -0.490 e. The van der Waals surface area contributed by atoms with Gasteiger partial charge in [-0.05, 0) is 48.7 Å². The number of carbonyl (C=O) groups is 1. The minimum atomic E-state index is -0.421. The van der Waals surface area contributed by atoms with E-state index in [0.29, 0.717) is 31.1 Å². The van der Waals surface area contributed by atoms with Gasteiger partial charge in [0, 0.05) is 30.5 Å². The van der Waals surface area contributed by atoms with Gasteiger partial charge in [-0.2, -0.15) is 0 Å². The van der Waals surface area contributed by atoms with Crippen LogP contribution in [0.25, 0.3) is 11.0 Å². The van der Waals surface area contributed by atoms with Gasteiger partial charge in [0.25, 0.3) is 5.91 Å². The van der Waals surface area contributed by atoms with Crippen LogP contribution in [0, 0.1) is 0 Å². The van der Waals surface area contributed by atoms with Crippen LogP contribution < -0.4 is 19.8 Å². The molecule has 3 heterocycles. The molecule has 160 valence electrons. The lowest BCUT2D eigenvalue weighted by molar-refractivity contribution is -0.134. The van der Waals surface area contributed by atoms with Crippen LogP contribution in [0.1, 0.15) is 30.9 Å². The van der Waals surface area contributed by atoms with Crippen molar-refractivity contribution in [2.45, 2.75) is 25.3 Å². The SMILES string of the molecule is O=C(COc1ccc2ccc(=O)oc2c1)N1CCC[C@@H]1c1ccc2c(c1)OCCCO2. The number of hydrogen-bond donors (Lipinski definition) is 0. The van der Waals surface area contributed by atoms with Crippen LogP contribution in [0.3, 0.4) is 0 Å². The van der Waals surface area contributed by atoms with Crippen molar-refractivity contribution in [2.24, 2.45) is 0 Å². The van der Waals surface area contributed by atoms with E-state index >= 15 is 0 Å². The molecule has 5 rings (SSSR count). The molecule has 1 fully saturated rings. The molecule has 0 radical (unpaired) electrons. The smallest absolute Gasteiger partial charge is 0.336 e. The van der Waals surface area contributed by atoms with Crippen molar-refractivity contribution in [1.29, 1.82) is 0 Å². The summed E-state index contributed by atoms with van der Waals surface area (Å²) in [7, 11) is 0. The second-order valence-electron chi connectivity index (χ2n) is 7.74. The number of amides is 1. The Hall–Kier alpha value is -3.48. The number of nitrogens with zero attached hydrogens (tertiary/aromatic N) is 1. The van der Waals surface area contributed by atoms with E-state index in [4.69, 9.17) is 18.6 Å². The van der Waals surface area contributed by atoms with Gasteiger partial charge in [-0.1, -0.05) is 6.07 Å². The molecule has 1 aromatic heterocycles. The summed E-state index contributed by atoms with van der Waals surface area (Å²) in [4.78, 5) is 26.2. The molecule has 0 N–H and O–H groups in total. The number of benzene rings is 2. The molecule has 1 saturated heterocycles. The first-order chi connectivity index (χ1) is 15.2. The van der Waals surface area contributed by atoms with Crippen molar-refractivity contribution in [3.05, 3.63) is 64.5 Å². The Bertz CT molecular complexity index is 1170. The van der Waals surface area contributed by atoms with E-state index < -0.39 is 5.63 Å². The van der Waals surface area contributed by atoms with Gasteiger partial charge in [0.05, 0.1) is 19.3 Å². The molecule has 2 aliphatic rings. The number of carbonyl (C=O) groups excluding carboxylic acids is 1. The zero-order valence-electron chi connectivity index (χ0n) is 17.0. The molecule has 0 aliphatic carbocycles. The zero-order valence-corrected chi connectivity index (χ0v) is 17.0. The Balaban J connectivity index is 1.29. The van der Waals surface area contributed by atoms with E-state index in [2.05, 4.69) is 0 Å². The van der Waals surface area contributed by atoms with E-state index in [0.717, 1.165) is 41.7 Å². The number of rotatable bonds is 4. The molecule has 0 spiro atoms. The van der Waals surface area contributed by atoms with Gasteiger partial charge in [0.2, 0.25) is 0 Å². The highest BCUT2D eigenvalue weighted by atomic mass is 16.5. The molecule has 7 nitrogen and oxygen atoms in total. The summed E-state index contributed by atoms with van der Waals surface area (Å²) in [6, 6.07) is 14.2. The Kier molecular flexibility index (Phi) is 5.24. The van der Waals surface area contributed by atoms with Crippen molar-refractivity contribution in [2.75, 3.05) is 26.4 Å². The number of fused-ring (bicyclic) bond motifs is 2. The van der Waals surface area contributed by atoms with Crippen LogP contribution in [0.4, 0.5) is 0 Å². The Morgan fingerprint density at radius 3 is 2.74 bits per heavy atom. The largest absolute Gasteiger partial charge is 0.490 e. The summed E-state index contributed by atoms with van der Waals surface area (Å²) in [6.45, 7) is 1.89. The van der Waals surface area contributed by atoms with Crippen molar-refractivity contribution in [1.82, 2.24) is 4.90 Å². The third kappa shape index (κ3) is 4.08. The predicted octanol–water partition coefficient (Wildman–Crippen LogP) is 3.70. The quantitative estimate of drug-likeness (QED) is 0.598. The first-order valence-corrected chi connectivity index (χ1v) is 10.5. The van der Waals surface area contributed by atoms with Gasteiger partial charge in [-0.3, -0.25) is 4.79 Å². The third-order valence-electron chi connectivity index (χ3n) is 5.69. The van der Waals surface area contributed by atoms with Crippen LogP contribution in [-0.4, -0.2) is 37.2 Å². The summed E-state index contributed by atoms with van der Waals surface area (Å²) in [5.74, 6) is 1.90. The predicted molar refractivity (Wildman–Crippen MR) is 114 cm³/mol. The maximum atomic E-state index is 12.9. The van der Waals surface area contributed by atoms with Gasteiger partial charge >= 0.3 is 5.63 Å². The normalized spacial score (nSPS) is 18.1. The van der Waals surface area contributed by atoms with Crippen LogP contribution in [0.5, 0.6) is 17.2 Å². The third-order valence-corrected chi connectivity index (χ3v) is 5.69. The van der Waals surface area contributed by atoms with E-state index in [1.54, 1.807) is 24.3 Å². The molecule has 1 atom stereocenters. The van der Waals surface area contributed by atoms with Gasteiger partial charge in [-0.25, -0.2) is 4.79 Å². The summed E-state index contributed by atoms with van der Waals surface area (Å²) in [5, 5.41) is 0.798. The molecular formula is C24H23NO6. The highest BCUT2D eigenvalue weighted by molar-refractivity contribution is 5.80. The van der Waals surface area contributed by atoms with Crippen molar-refractivity contribution < 1.29 is 23.4 Å². The summed E-state index contributed by atoms with van der Waals surface area (Å²) >= 11 is 0. The molecule has 1 amide bonds. The van der Waals surface area contributed by atoms with Crippen molar-refractivity contribution in [3.8, 4) is 17.2 Å². The lowest BCUT2D eigenvalue weighted by Crippen LogP contribution is -2.34. The molecule has 7 heteroatoms. The summed E-state index contributed by atoms with van der Waals surface area (Å²) < 4.78 is 22.4. The highest BCUT2D eigenvalue weighted by Gasteiger charge is 2.31. The van der Waals surface area contributed by atoms with Gasteiger partial charge in [0.1, 0.15) is 11.3 Å². The lowest BCUT2D eigenvalue weighted by Gasteiger charge is -2.25. The van der Waals surface area contributed by atoms with Crippen molar-refractivity contribution in [3.63, 3.8) is 0 Å². The molecule has 0 unspecified atom stereocenters. The fourth-order valence-electron chi connectivity index (χ4n) is 4.16. The average Bonchev–Trinajstić information content (AvgIpc) is 3.16. The van der Waals surface area contributed by atoms with Gasteiger partial charge in [-0.15, -0.1) is 0 Å². The fourth-order valence-corrected chi connectivity index (χ4v) is 4.16. The molecule has 3 aromatic rings. The molecule has 0 saturated carbocycles. The fraction of sp³-hybridized carbons (Fsp3) is 0.333. The maximum absolute atomic E-state index is 12.9. The standard InChI is InChI=1S/C24H23NO6/c26-23(15-30-18-7-4-16-6-9-24(27)31-21(16)14-18)25-10-1-3-19(25)17-5-8-20-22(13-17)29-12-2-11-28-20/h4-9,13-14,19H,1-3,10-12,15H2/t19-/m1/s1. The lowest BCUT2D eigenvalue weighted by atomic mass is 10.0. The Labute approximate surface area is 179 Å². The summed E-state index contributed by atoms with van der Waals surface area (Å²) in [6.07, 6.45) is 2.69. The number of likely N-dealkylation sites (tertiary alicyclic amines) is 1. The number of ether oxygens (including phenoxy) is 3. The van der Waals surface area contributed by atoms with E-state index in [1.807, 2.05) is 23.1 Å². The van der Waals surface area contributed by atoms with Gasteiger partial charge in [0.15, 0.2) is 18.1 Å². The monoisotopic (exact) mass is 421 g/mol. The van der Waals surface area contributed by atoms with Crippen LogP contribution in [0.15, 0.2) is 57.7 Å². The van der Waals surface area contributed by atoms with Gasteiger partial charge < -0.3 is 23.5 Å². The second kappa shape index (κ2) is 8.34. The minimum absolute atomic E-state index is 0.0112. The van der Waals surface area contributed by atoms with Crippen LogP contribution >= 0.6 is 0 Å². The van der Waals surface area contributed by atoms with E-state index in [-0.39, 0.29) is 18.6 Å². The first kappa shape index (κ1) is 19.5. The average molecular weight is 421 g/mol. The maximum Gasteiger partial charge on any atom is 0.336 e. The van der Waals surface area contributed by atoms with E-state index in [1.165, 1.54) is 6.07 Å². The zero-order chi connectivity index (χ0) is 21.2. The second-order valence-corrected chi connectivity index (χ2v) is 7.74. The molecule has 0 bridgehead atoms. The molecule has 2 aromatic carbocycles. The Morgan fingerprint density at radius 1 is 1.00 bits per heavy atom. The van der Waals surface area contributed by atoms with Crippen molar-refractivity contribution >= 4 is 16.9 Å². The molecular weight excluding hydrogens is 398 g/mol. The number of hydrogen-bond acceptors (Lipinski definition) is 6. The van der Waals surface area contributed by atoms with Crippen LogP contribution in [0.2, 0.25) is 0 Å². The Morgan fingerprint density at radius 2 is 1.84 bits per heavy atom. The topological polar surface area (TPSA) is 78.2 Å². The first-order valence-electron chi connectivity index (χ1n) is 10.5. The molecule has 31 heavy (non-hydrogen) atoms. The molecule has 2 aliphatic heterocycles.